The van der Waals surface area contributed by atoms with Crippen molar-refractivity contribution in [2.75, 3.05) is 31.6 Å². The third kappa shape index (κ3) is 6.42. The van der Waals surface area contributed by atoms with E-state index in [0.717, 1.165) is 0 Å². The van der Waals surface area contributed by atoms with E-state index in [1.54, 1.807) is 13.8 Å². The zero-order valence-corrected chi connectivity index (χ0v) is 22.3. The lowest BCUT2D eigenvalue weighted by molar-refractivity contribution is -0.383. The van der Waals surface area contributed by atoms with Gasteiger partial charge < -0.3 is 29.9 Å². The van der Waals surface area contributed by atoms with Crippen LogP contribution in [0.15, 0.2) is 11.1 Å². The van der Waals surface area contributed by atoms with Crippen LogP contribution in [0.3, 0.4) is 0 Å². The number of aromatic nitrogens is 4. The van der Waals surface area contributed by atoms with Gasteiger partial charge in [-0.05, 0) is 0 Å². The zero-order valence-electron chi connectivity index (χ0n) is 21.4. The van der Waals surface area contributed by atoms with Gasteiger partial charge in [0, 0.05) is 38.3 Å². The number of nitrogens with two attached hydrogens (primary N) is 2. The average Bonchev–Trinajstić information content (AvgIpc) is 3.43. The number of rotatable bonds is 10. The van der Waals surface area contributed by atoms with E-state index in [1.165, 1.54) is 16.0 Å². The number of hydroxylamine groups is 2. The molecule has 0 saturated carbocycles. The molecular weight excluding hydrogens is 537 g/mol. The highest BCUT2D eigenvalue weighted by atomic mass is 31.2. The number of nitrogens with zero attached hydrogens (tertiary/aromatic N) is 5. The molecule has 18 heteroatoms. The average molecular weight is 570 g/mol. The molecule has 0 spiro atoms. The number of carbonyl (C=O) groups excluding carboxylic acids is 1. The molecule has 0 bridgehead atoms. The van der Waals surface area contributed by atoms with Gasteiger partial charge in [-0.25, -0.2) is 9.61 Å². The fraction of sp³-hybridized carbons (Fsp3) is 0.667. The first kappa shape index (κ1) is 29.4. The van der Waals surface area contributed by atoms with Gasteiger partial charge in [0.2, 0.25) is 17.6 Å². The Kier molecular flexibility index (Phi) is 8.93. The molecule has 0 aliphatic carbocycles. The number of anilines is 1. The summed E-state index contributed by atoms with van der Waals surface area (Å²) in [6.07, 6.45) is -0.730. The normalized spacial score (nSPS) is 28.6. The second-order valence-electron chi connectivity index (χ2n) is 9.51. The van der Waals surface area contributed by atoms with E-state index in [1.807, 2.05) is 6.07 Å². The van der Waals surface area contributed by atoms with Crippen molar-refractivity contribution in [1.82, 2.24) is 24.6 Å². The molecule has 214 valence electrons. The standard InChI is InChI=1S/C21H32N9O8P/c1-12(2)17(31)27-19-26-16-15(18(32)28-19)25-11-30(16)14-8-21(33,13(9-23)36-14)37-20(4-3-5-22)10-29(6-7-35-20)38-39(24)34/h11-14,33-34H,3-4,6-10,23-24H2,1-2H3,(H2,26,27,28,31,32)/t13-,14-,20?,21-,39?/m1/s1. The molecule has 2 aliphatic rings. The molecule has 0 radical (unpaired) electrons. The van der Waals surface area contributed by atoms with Gasteiger partial charge in [0.05, 0.1) is 25.5 Å². The summed E-state index contributed by atoms with van der Waals surface area (Å²) in [5.41, 5.74) is 10.9. The number of H-pyrrole nitrogens is 1. The van der Waals surface area contributed by atoms with E-state index in [-0.39, 0.29) is 74.4 Å². The molecular formula is C21H32N9O8P. The molecule has 2 aliphatic heterocycles. The fourth-order valence-corrected chi connectivity index (χ4v) is 4.82. The lowest BCUT2D eigenvalue weighted by Crippen LogP contribution is -2.59. The monoisotopic (exact) mass is 569 g/mol. The second kappa shape index (κ2) is 11.9. The van der Waals surface area contributed by atoms with Crippen LogP contribution in [-0.4, -0.2) is 84.4 Å². The number of imidazole rings is 1. The molecule has 2 saturated heterocycles. The van der Waals surface area contributed by atoms with Gasteiger partial charge in [-0.2, -0.15) is 15.3 Å². The SMILES string of the molecule is CC(C)C(=O)Nc1nc2c(ncn2[C@H]2C[C@@](O)(OC3(CCC#N)CN(OP(N)O)CCO3)[C@@H](CN)O2)c(=O)[nH]1. The van der Waals surface area contributed by atoms with Crippen LogP contribution in [0.1, 0.15) is 39.3 Å². The van der Waals surface area contributed by atoms with Crippen LogP contribution in [0, 0.1) is 17.2 Å². The predicted molar refractivity (Wildman–Crippen MR) is 135 cm³/mol. The summed E-state index contributed by atoms with van der Waals surface area (Å²) in [6, 6.07) is 2.03. The quantitative estimate of drug-likeness (QED) is 0.150. The van der Waals surface area contributed by atoms with Gasteiger partial charge in [0.1, 0.15) is 12.3 Å². The van der Waals surface area contributed by atoms with Crippen molar-refractivity contribution >= 4 is 31.5 Å². The molecule has 39 heavy (non-hydrogen) atoms. The largest absolute Gasteiger partial charge is 0.363 e. The zero-order chi connectivity index (χ0) is 28.4. The summed E-state index contributed by atoms with van der Waals surface area (Å²) in [7, 11) is -2.21. The van der Waals surface area contributed by atoms with Crippen LogP contribution >= 0.6 is 8.53 Å². The van der Waals surface area contributed by atoms with Crippen LogP contribution < -0.4 is 22.1 Å². The molecule has 1 amide bonds. The van der Waals surface area contributed by atoms with Crippen molar-refractivity contribution in [2.45, 2.75) is 57.0 Å². The number of ether oxygens (including phenoxy) is 3. The Labute approximate surface area is 223 Å². The Morgan fingerprint density at radius 1 is 1.51 bits per heavy atom. The molecule has 4 rings (SSSR count). The van der Waals surface area contributed by atoms with Crippen LogP contribution in [0.25, 0.3) is 11.2 Å². The first-order valence-corrected chi connectivity index (χ1v) is 13.5. The molecule has 5 atom stereocenters. The second-order valence-corrected chi connectivity index (χ2v) is 10.3. The third-order valence-electron chi connectivity index (χ3n) is 6.32. The molecule has 2 fully saturated rings. The lowest BCUT2D eigenvalue weighted by Gasteiger charge is -2.45. The summed E-state index contributed by atoms with van der Waals surface area (Å²) in [5, 5.41) is 24.8. The van der Waals surface area contributed by atoms with Gasteiger partial charge in [-0.3, -0.25) is 30.0 Å². The first-order valence-electron chi connectivity index (χ1n) is 12.2. The number of fused-ring (bicyclic) bond motifs is 1. The fourth-order valence-electron chi connectivity index (χ4n) is 4.44. The highest BCUT2D eigenvalue weighted by molar-refractivity contribution is 7.43. The molecule has 8 N–H and O–H groups in total. The van der Waals surface area contributed by atoms with Crippen molar-refractivity contribution in [3.8, 4) is 6.07 Å². The van der Waals surface area contributed by atoms with Crippen LogP contribution in [0.2, 0.25) is 0 Å². The van der Waals surface area contributed by atoms with Crippen LogP contribution in [0.4, 0.5) is 5.95 Å². The minimum Gasteiger partial charge on any atom is -0.363 e. The number of hydrogen-bond acceptors (Lipinski definition) is 14. The summed E-state index contributed by atoms with van der Waals surface area (Å²) in [6.45, 7) is 3.54. The number of nitrogens with one attached hydrogen (secondary N) is 2. The van der Waals surface area contributed by atoms with E-state index < -0.39 is 38.0 Å². The van der Waals surface area contributed by atoms with Crippen LogP contribution in [0.5, 0.6) is 0 Å². The maximum absolute atomic E-state index is 12.6. The molecule has 2 aromatic rings. The Balaban J connectivity index is 1.62. The van der Waals surface area contributed by atoms with E-state index in [0.29, 0.717) is 0 Å². The number of nitriles is 1. The topological polar surface area (TPSA) is 249 Å². The minimum atomic E-state index is -2.21. The van der Waals surface area contributed by atoms with Gasteiger partial charge in [0.25, 0.3) is 14.1 Å². The van der Waals surface area contributed by atoms with E-state index in [4.69, 9.17) is 30.1 Å². The van der Waals surface area contributed by atoms with E-state index in [2.05, 4.69) is 20.3 Å². The lowest BCUT2D eigenvalue weighted by atomic mass is 10.0. The maximum Gasteiger partial charge on any atom is 0.280 e. The highest BCUT2D eigenvalue weighted by Gasteiger charge is 2.55. The number of morpholine rings is 1. The Bertz CT molecular complexity index is 1280. The van der Waals surface area contributed by atoms with Gasteiger partial charge >= 0.3 is 0 Å². The minimum absolute atomic E-state index is 0.00187. The number of aromatic amines is 1. The predicted octanol–water partition coefficient (Wildman–Crippen LogP) is -0.893. The van der Waals surface area contributed by atoms with Crippen molar-refractivity contribution in [3.63, 3.8) is 0 Å². The number of hydrogen-bond donors (Lipinski definition) is 6. The van der Waals surface area contributed by atoms with Crippen molar-refractivity contribution < 1.29 is 33.6 Å². The first-order chi connectivity index (χ1) is 18.5. The summed E-state index contributed by atoms with van der Waals surface area (Å²) >= 11 is 0. The van der Waals surface area contributed by atoms with Crippen LogP contribution in [-0.2, 0) is 23.6 Å². The summed E-state index contributed by atoms with van der Waals surface area (Å²) < 4.78 is 24.8. The Hall–Kier alpha value is -2.62. The number of carbonyl (C=O) groups is 1. The summed E-state index contributed by atoms with van der Waals surface area (Å²) in [4.78, 5) is 45.2. The van der Waals surface area contributed by atoms with E-state index >= 15 is 0 Å². The third-order valence-corrected chi connectivity index (χ3v) is 6.72. The Morgan fingerprint density at radius 3 is 2.95 bits per heavy atom. The molecule has 0 aromatic carbocycles. The molecule has 2 aromatic heterocycles. The Morgan fingerprint density at radius 2 is 2.28 bits per heavy atom. The van der Waals surface area contributed by atoms with Crippen molar-refractivity contribution in [3.05, 3.63) is 16.7 Å². The van der Waals surface area contributed by atoms with E-state index in [9.17, 15) is 24.9 Å². The highest BCUT2D eigenvalue weighted by Crippen LogP contribution is 2.43. The number of amides is 1. The molecule has 2 unspecified atom stereocenters. The van der Waals surface area contributed by atoms with Crippen molar-refractivity contribution in [2.24, 2.45) is 17.2 Å². The smallest absolute Gasteiger partial charge is 0.280 e. The van der Waals surface area contributed by atoms with Gasteiger partial charge in [-0.1, -0.05) is 13.8 Å². The van der Waals surface area contributed by atoms with Gasteiger partial charge in [0.15, 0.2) is 17.0 Å². The maximum atomic E-state index is 12.6. The number of aliphatic hydroxyl groups is 1. The molecule has 4 heterocycles. The van der Waals surface area contributed by atoms with Gasteiger partial charge in [-0.15, -0.1) is 0 Å². The van der Waals surface area contributed by atoms with Crippen molar-refractivity contribution in [1.29, 1.82) is 5.26 Å². The molecule has 17 nitrogen and oxygen atoms in total. The summed E-state index contributed by atoms with van der Waals surface area (Å²) in [5.74, 6) is -4.28.